The van der Waals surface area contributed by atoms with Gasteiger partial charge in [0.15, 0.2) is 0 Å². The molecule has 1 heterocycles. The van der Waals surface area contributed by atoms with Crippen LogP contribution in [-0.4, -0.2) is 40.0 Å². The normalized spacial score (nSPS) is 18.5. The molecule has 1 fully saturated rings. The molecule has 3 N–H and O–H groups in total. The molecule has 0 bridgehead atoms. The summed E-state index contributed by atoms with van der Waals surface area (Å²) in [5, 5.41) is 11.4. The minimum atomic E-state index is -1.11. The lowest BCUT2D eigenvalue weighted by Gasteiger charge is -2.26. The van der Waals surface area contributed by atoms with Gasteiger partial charge >= 0.3 is 6.03 Å². The van der Waals surface area contributed by atoms with Crippen molar-refractivity contribution < 1.29 is 24.0 Å². The Balaban J connectivity index is 2.11. The van der Waals surface area contributed by atoms with Crippen molar-refractivity contribution in [3.8, 4) is 0 Å². The third kappa shape index (κ3) is 3.96. The number of imide groups is 1. The van der Waals surface area contributed by atoms with Crippen molar-refractivity contribution in [2.75, 3.05) is 0 Å². The van der Waals surface area contributed by atoms with Crippen molar-refractivity contribution in [2.24, 2.45) is 5.92 Å². The fourth-order valence-electron chi connectivity index (χ4n) is 2.95. The van der Waals surface area contributed by atoms with E-state index in [1.165, 1.54) is 11.5 Å². The van der Waals surface area contributed by atoms with Gasteiger partial charge in [-0.15, -0.1) is 0 Å². The van der Waals surface area contributed by atoms with Crippen LogP contribution in [0.15, 0.2) is 18.2 Å². The van der Waals surface area contributed by atoms with Crippen LogP contribution in [0.2, 0.25) is 0 Å². The van der Waals surface area contributed by atoms with Crippen molar-refractivity contribution in [3.63, 3.8) is 0 Å². The maximum Gasteiger partial charge on any atom is 0.325 e. The van der Waals surface area contributed by atoms with Gasteiger partial charge in [0.25, 0.3) is 11.8 Å². The van der Waals surface area contributed by atoms with Crippen LogP contribution in [0, 0.1) is 18.7 Å². The number of hydrogen-bond acceptors (Lipinski definition) is 4. The molecule has 136 valence electrons. The number of hydrogen-bond donors (Lipinski definition) is 3. The van der Waals surface area contributed by atoms with E-state index in [1.54, 1.807) is 32.9 Å². The average molecular weight is 351 g/mol. The second kappa shape index (κ2) is 7.60. The van der Waals surface area contributed by atoms with Crippen LogP contribution >= 0.6 is 0 Å². The lowest BCUT2D eigenvalue weighted by molar-refractivity contribution is -0.142. The quantitative estimate of drug-likeness (QED) is 0.411. The van der Waals surface area contributed by atoms with Crippen molar-refractivity contribution in [1.82, 2.24) is 15.7 Å². The van der Waals surface area contributed by atoms with Crippen molar-refractivity contribution in [3.05, 3.63) is 35.1 Å². The molecule has 1 aromatic carbocycles. The fourth-order valence-corrected chi connectivity index (χ4v) is 2.95. The smallest absolute Gasteiger partial charge is 0.325 e. The van der Waals surface area contributed by atoms with Gasteiger partial charge in [-0.25, -0.2) is 19.6 Å². The van der Waals surface area contributed by atoms with E-state index in [4.69, 9.17) is 5.21 Å². The molecule has 1 saturated heterocycles. The van der Waals surface area contributed by atoms with E-state index in [2.05, 4.69) is 5.32 Å². The molecule has 2 atom stereocenters. The minimum Gasteiger partial charge on any atom is -0.326 e. The second-order valence-corrected chi connectivity index (χ2v) is 6.51. The highest BCUT2D eigenvalue weighted by molar-refractivity contribution is 6.07. The van der Waals surface area contributed by atoms with Crippen LogP contribution in [0.4, 0.5) is 9.18 Å². The summed E-state index contributed by atoms with van der Waals surface area (Å²) < 4.78 is 13.9. The van der Waals surface area contributed by atoms with Gasteiger partial charge < -0.3 is 5.32 Å². The SMILES string of the molecule is Cc1ccc(CCC2NC(=O)N(C(C(=O)NO)C(C)C)C2=O)c(F)c1. The van der Waals surface area contributed by atoms with Gasteiger partial charge in [0.05, 0.1) is 0 Å². The number of aryl methyl sites for hydroxylation is 2. The standard InChI is InChI=1S/C17H22FN3O4/c1-9(2)14(15(22)20-25)21-16(23)13(19-17(21)24)7-6-11-5-4-10(3)8-12(11)18/h4-5,8-9,13-14,25H,6-7H2,1-3H3,(H,19,24)(H,20,22). The van der Waals surface area contributed by atoms with Gasteiger partial charge in [-0.3, -0.25) is 14.8 Å². The molecule has 0 spiro atoms. The lowest BCUT2D eigenvalue weighted by atomic mass is 10.0. The Labute approximate surface area is 145 Å². The van der Waals surface area contributed by atoms with Gasteiger partial charge in [-0.05, 0) is 42.9 Å². The first-order chi connectivity index (χ1) is 11.8. The van der Waals surface area contributed by atoms with Crippen LogP contribution in [0.25, 0.3) is 0 Å². The number of nitrogens with zero attached hydrogens (tertiary/aromatic N) is 1. The molecule has 0 aromatic heterocycles. The largest absolute Gasteiger partial charge is 0.326 e. The zero-order chi connectivity index (χ0) is 18.7. The highest BCUT2D eigenvalue weighted by atomic mass is 19.1. The first-order valence-electron chi connectivity index (χ1n) is 8.08. The number of carbonyl (C=O) groups excluding carboxylic acids is 3. The number of halogens is 1. The molecule has 0 aliphatic carbocycles. The van der Waals surface area contributed by atoms with Gasteiger partial charge in [0.2, 0.25) is 0 Å². The van der Waals surface area contributed by atoms with E-state index in [0.29, 0.717) is 5.56 Å². The third-order valence-corrected chi connectivity index (χ3v) is 4.25. The van der Waals surface area contributed by atoms with Gasteiger partial charge in [0, 0.05) is 0 Å². The Hall–Kier alpha value is -2.48. The predicted molar refractivity (Wildman–Crippen MR) is 87.2 cm³/mol. The van der Waals surface area contributed by atoms with Gasteiger partial charge in [-0.1, -0.05) is 26.0 Å². The first kappa shape index (κ1) is 18.9. The Morgan fingerprint density at radius 3 is 2.64 bits per heavy atom. The van der Waals surface area contributed by atoms with Gasteiger partial charge in [0.1, 0.15) is 17.9 Å². The fraction of sp³-hybridized carbons (Fsp3) is 0.471. The van der Waals surface area contributed by atoms with Crippen LogP contribution in [-0.2, 0) is 16.0 Å². The lowest BCUT2D eigenvalue weighted by Crippen LogP contribution is -2.52. The number of benzene rings is 1. The molecule has 1 aliphatic heterocycles. The number of amides is 4. The molecule has 25 heavy (non-hydrogen) atoms. The molecule has 0 saturated carbocycles. The summed E-state index contributed by atoms with van der Waals surface area (Å²) in [6.07, 6.45) is 0.488. The van der Waals surface area contributed by atoms with E-state index in [1.807, 2.05) is 0 Å². The van der Waals surface area contributed by atoms with E-state index < -0.39 is 29.9 Å². The monoisotopic (exact) mass is 351 g/mol. The minimum absolute atomic E-state index is 0.215. The summed E-state index contributed by atoms with van der Waals surface area (Å²) in [7, 11) is 0. The number of urea groups is 1. The van der Waals surface area contributed by atoms with E-state index in [0.717, 1.165) is 10.5 Å². The van der Waals surface area contributed by atoms with Crippen molar-refractivity contribution in [2.45, 2.75) is 45.7 Å². The van der Waals surface area contributed by atoms with Crippen LogP contribution in [0.3, 0.4) is 0 Å². The third-order valence-electron chi connectivity index (χ3n) is 4.25. The molecular formula is C17H22FN3O4. The number of hydroxylamine groups is 1. The predicted octanol–water partition coefficient (Wildman–Crippen LogP) is 1.52. The van der Waals surface area contributed by atoms with Crippen LogP contribution in [0.1, 0.15) is 31.4 Å². The average Bonchev–Trinajstić information content (AvgIpc) is 2.81. The second-order valence-electron chi connectivity index (χ2n) is 6.51. The maximum atomic E-state index is 13.9. The summed E-state index contributed by atoms with van der Waals surface area (Å²) in [6.45, 7) is 5.11. The summed E-state index contributed by atoms with van der Waals surface area (Å²) in [6, 6.07) is 2.21. The van der Waals surface area contributed by atoms with Gasteiger partial charge in [-0.2, -0.15) is 0 Å². The molecular weight excluding hydrogens is 329 g/mol. The Kier molecular flexibility index (Phi) is 5.73. The molecule has 2 rings (SSSR count). The molecule has 0 radical (unpaired) electrons. The number of nitrogens with one attached hydrogen (secondary N) is 2. The Bertz CT molecular complexity index is 692. The summed E-state index contributed by atoms with van der Waals surface area (Å²) in [5.74, 6) is -2.12. The summed E-state index contributed by atoms with van der Waals surface area (Å²) in [4.78, 5) is 37.3. The number of rotatable bonds is 6. The Morgan fingerprint density at radius 2 is 2.08 bits per heavy atom. The maximum absolute atomic E-state index is 13.9. The van der Waals surface area contributed by atoms with E-state index in [9.17, 15) is 18.8 Å². The highest BCUT2D eigenvalue weighted by Crippen LogP contribution is 2.21. The zero-order valence-electron chi connectivity index (χ0n) is 14.4. The topological polar surface area (TPSA) is 98.7 Å². The summed E-state index contributed by atoms with van der Waals surface area (Å²) >= 11 is 0. The molecule has 1 aromatic rings. The molecule has 4 amide bonds. The molecule has 1 aliphatic rings. The van der Waals surface area contributed by atoms with E-state index in [-0.39, 0.29) is 24.6 Å². The zero-order valence-corrected chi connectivity index (χ0v) is 14.4. The van der Waals surface area contributed by atoms with Crippen LogP contribution in [0.5, 0.6) is 0 Å². The van der Waals surface area contributed by atoms with Crippen molar-refractivity contribution >= 4 is 17.8 Å². The summed E-state index contributed by atoms with van der Waals surface area (Å²) in [5.41, 5.74) is 2.74. The molecule has 8 heteroatoms. The highest BCUT2D eigenvalue weighted by Gasteiger charge is 2.45. The molecule has 2 unspecified atom stereocenters. The van der Waals surface area contributed by atoms with Crippen molar-refractivity contribution in [1.29, 1.82) is 0 Å². The number of carbonyl (C=O) groups is 3. The molecule has 7 nitrogen and oxygen atoms in total. The first-order valence-corrected chi connectivity index (χ1v) is 8.08. The Morgan fingerprint density at radius 1 is 1.40 bits per heavy atom. The van der Waals surface area contributed by atoms with Crippen LogP contribution < -0.4 is 10.8 Å². The van der Waals surface area contributed by atoms with E-state index >= 15 is 0 Å².